The Kier molecular flexibility index (Phi) is 5.86. The fraction of sp³-hybridized carbons (Fsp3) is 0.875. The van der Waals surface area contributed by atoms with Crippen LogP contribution in [0.3, 0.4) is 0 Å². The van der Waals surface area contributed by atoms with E-state index in [1.54, 1.807) is 0 Å². The summed E-state index contributed by atoms with van der Waals surface area (Å²) < 4.78 is 0. The third kappa shape index (κ3) is 4.80. The van der Waals surface area contributed by atoms with Crippen molar-refractivity contribution in [3.63, 3.8) is 0 Å². The van der Waals surface area contributed by atoms with Crippen molar-refractivity contribution < 1.29 is 14.7 Å². The van der Waals surface area contributed by atoms with Gasteiger partial charge < -0.3 is 10.4 Å². The zero-order valence-corrected chi connectivity index (χ0v) is 12.3. The minimum absolute atomic E-state index is 0.216. The normalized spacial score (nSPS) is 27.7. The smallest absolute Gasteiger partial charge is 0.303 e. The lowest BCUT2D eigenvalue weighted by molar-refractivity contribution is -0.137. The maximum Gasteiger partial charge on any atom is 0.303 e. The van der Waals surface area contributed by atoms with E-state index in [2.05, 4.69) is 5.32 Å². The quantitative estimate of drug-likeness (QED) is 0.638. The van der Waals surface area contributed by atoms with Gasteiger partial charge in [-0.3, -0.25) is 9.59 Å². The molecule has 0 radical (unpaired) electrons. The molecule has 0 aliphatic heterocycles. The third-order valence-corrected chi connectivity index (χ3v) is 4.97. The number of carboxylic acids is 1. The van der Waals surface area contributed by atoms with Gasteiger partial charge in [-0.05, 0) is 49.9 Å². The number of hydrogen-bond acceptors (Lipinski definition) is 2. The van der Waals surface area contributed by atoms with Gasteiger partial charge in [0.25, 0.3) is 0 Å². The van der Waals surface area contributed by atoms with Crippen molar-refractivity contribution >= 4 is 11.9 Å². The summed E-state index contributed by atoms with van der Waals surface area (Å²) in [6, 6.07) is 0. The molecule has 20 heavy (non-hydrogen) atoms. The largest absolute Gasteiger partial charge is 0.481 e. The van der Waals surface area contributed by atoms with Crippen molar-refractivity contribution in [3.05, 3.63) is 0 Å². The molecule has 0 aromatic rings. The maximum atomic E-state index is 11.9. The second kappa shape index (κ2) is 7.65. The fourth-order valence-corrected chi connectivity index (χ4v) is 3.92. The Labute approximate surface area is 121 Å². The van der Waals surface area contributed by atoms with Crippen LogP contribution >= 0.6 is 0 Å². The van der Waals surface area contributed by atoms with Crippen molar-refractivity contribution in [2.45, 2.75) is 64.2 Å². The number of amides is 1. The number of fused-ring (bicyclic) bond motifs is 2. The first-order valence-corrected chi connectivity index (χ1v) is 8.13. The summed E-state index contributed by atoms with van der Waals surface area (Å²) in [5, 5.41) is 11.5. The average molecular weight is 281 g/mol. The van der Waals surface area contributed by atoms with E-state index in [4.69, 9.17) is 5.11 Å². The van der Waals surface area contributed by atoms with Gasteiger partial charge in [0.2, 0.25) is 5.91 Å². The van der Waals surface area contributed by atoms with Crippen LogP contribution in [0.4, 0.5) is 0 Å². The van der Waals surface area contributed by atoms with Crippen molar-refractivity contribution in [3.8, 4) is 0 Å². The first-order valence-electron chi connectivity index (χ1n) is 8.13. The van der Waals surface area contributed by atoms with Crippen molar-refractivity contribution in [1.29, 1.82) is 0 Å². The Balaban J connectivity index is 1.45. The topological polar surface area (TPSA) is 66.4 Å². The van der Waals surface area contributed by atoms with Crippen LogP contribution in [0, 0.1) is 17.8 Å². The van der Waals surface area contributed by atoms with E-state index in [0.29, 0.717) is 5.92 Å². The molecule has 0 spiro atoms. The summed E-state index contributed by atoms with van der Waals surface area (Å²) in [6.45, 7) is 0.743. The van der Waals surface area contributed by atoms with Crippen molar-refractivity contribution in [1.82, 2.24) is 5.32 Å². The molecule has 3 unspecified atom stereocenters. The van der Waals surface area contributed by atoms with Crippen molar-refractivity contribution in [2.75, 3.05) is 6.54 Å². The van der Waals surface area contributed by atoms with E-state index in [-0.39, 0.29) is 12.3 Å². The van der Waals surface area contributed by atoms with Gasteiger partial charge in [-0.15, -0.1) is 0 Å². The number of carboxylic acid groups (broad SMARTS) is 1. The molecule has 2 saturated carbocycles. The Hall–Kier alpha value is -1.06. The first-order chi connectivity index (χ1) is 9.65. The SMILES string of the molecule is O=C(O)CCCCCCNC(=O)CC1CC2CCC1C2. The molecule has 4 heteroatoms. The molecule has 0 aromatic carbocycles. The van der Waals surface area contributed by atoms with Crippen LogP contribution in [-0.2, 0) is 9.59 Å². The molecule has 4 nitrogen and oxygen atoms in total. The molecule has 3 atom stereocenters. The maximum absolute atomic E-state index is 11.9. The van der Waals surface area contributed by atoms with Crippen LogP contribution in [0.15, 0.2) is 0 Å². The predicted octanol–water partition coefficient (Wildman–Crippen LogP) is 2.96. The highest BCUT2D eigenvalue weighted by atomic mass is 16.4. The highest BCUT2D eigenvalue weighted by Crippen LogP contribution is 2.49. The second-order valence-corrected chi connectivity index (χ2v) is 6.55. The van der Waals surface area contributed by atoms with Crippen LogP contribution < -0.4 is 5.32 Å². The number of hydrogen-bond donors (Lipinski definition) is 2. The van der Waals surface area contributed by atoms with Crippen molar-refractivity contribution in [2.24, 2.45) is 17.8 Å². The molecule has 0 heterocycles. The molecule has 2 N–H and O–H groups in total. The first kappa shape index (κ1) is 15.3. The van der Waals surface area contributed by atoms with E-state index in [0.717, 1.165) is 50.5 Å². The van der Waals surface area contributed by atoms with Crippen LogP contribution in [0.5, 0.6) is 0 Å². The zero-order valence-electron chi connectivity index (χ0n) is 12.3. The minimum atomic E-state index is -0.718. The molecular weight excluding hydrogens is 254 g/mol. The van der Waals surface area contributed by atoms with Gasteiger partial charge in [0.1, 0.15) is 0 Å². The highest BCUT2D eigenvalue weighted by Gasteiger charge is 2.39. The molecule has 2 bridgehead atoms. The molecule has 2 aliphatic carbocycles. The van der Waals surface area contributed by atoms with E-state index >= 15 is 0 Å². The van der Waals surface area contributed by atoms with Crippen LogP contribution in [-0.4, -0.2) is 23.5 Å². The Bertz CT molecular complexity index is 343. The van der Waals surface area contributed by atoms with Gasteiger partial charge in [0.05, 0.1) is 0 Å². The van der Waals surface area contributed by atoms with E-state index in [9.17, 15) is 9.59 Å². The number of carbonyl (C=O) groups excluding carboxylic acids is 1. The van der Waals surface area contributed by atoms with E-state index in [1.807, 2.05) is 0 Å². The summed E-state index contributed by atoms with van der Waals surface area (Å²) in [6.07, 6.45) is 9.99. The van der Waals surface area contributed by atoms with Gasteiger partial charge in [-0.1, -0.05) is 19.3 Å². The number of nitrogens with one attached hydrogen (secondary N) is 1. The third-order valence-electron chi connectivity index (χ3n) is 4.97. The standard InChI is InChI=1S/C16H27NO3/c18-15(11-14-10-12-6-7-13(14)9-12)17-8-4-2-1-3-5-16(19)20/h12-14H,1-11H2,(H,17,18)(H,19,20). The number of aliphatic carboxylic acids is 1. The number of unbranched alkanes of at least 4 members (excludes halogenated alkanes) is 3. The number of rotatable bonds is 9. The van der Waals surface area contributed by atoms with Gasteiger partial charge in [0.15, 0.2) is 0 Å². The molecule has 0 saturated heterocycles. The highest BCUT2D eigenvalue weighted by molar-refractivity contribution is 5.76. The van der Waals surface area contributed by atoms with Crippen LogP contribution in [0.25, 0.3) is 0 Å². The summed E-state index contributed by atoms with van der Waals surface area (Å²) in [5.74, 6) is 1.87. The van der Waals surface area contributed by atoms with E-state index in [1.165, 1.54) is 25.7 Å². The Morgan fingerprint density at radius 2 is 1.85 bits per heavy atom. The summed E-state index contributed by atoms with van der Waals surface area (Å²) >= 11 is 0. The monoisotopic (exact) mass is 281 g/mol. The van der Waals surface area contributed by atoms with Gasteiger partial charge in [-0.25, -0.2) is 0 Å². The minimum Gasteiger partial charge on any atom is -0.481 e. The summed E-state index contributed by atoms with van der Waals surface area (Å²) in [7, 11) is 0. The van der Waals surface area contributed by atoms with Gasteiger partial charge in [-0.2, -0.15) is 0 Å². The molecule has 114 valence electrons. The molecule has 2 fully saturated rings. The lowest BCUT2D eigenvalue weighted by Crippen LogP contribution is -2.28. The molecule has 1 amide bonds. The van der Waals surface area contributed by atoms with Crippen LogP contribution in [0.1, 0.15) is 64.2 Å². The zero-order chi connectivity index (χ0) is 14.4. The predicted molar refractivity (Wildman–Crippen MR) is 77.3 cm³/mol. The Morgan fingerprint density at radius 1 is 1.05 bits per heavy atom. The molecule has 2 aliphatic rings. The van der Waals surface area contributed by atoms with Gasteiger partial charge in [0, 0.05) is 19.4 Å². The Morgan fingerprint density at radius 3 is 2.50 bits per heavy atom. The lowest BCUT2D eigenvalue weighted by Gasteiger charge is -2.20. The van der Waals surface area contributed by atoms with Gasteiger partial charge >= 0.3 is 5.97 Å². The second-order valence-electron chi connectivity index (χ2n) is 6.55. The number of carbonyl (C=O) groups is 2. The fourth-order valence-electron chi connectivity index (χ4n) is 3.92. The summed E-state index contributed by atoms with van der Waals surface area (Å²) in [5.41, 5.74) is 0. The summed E-state index contributed by atoms with van der Waals surface area (Å²) in [4.78, 5) is 22.2. The molecule has 2 rings (SSSR count). The van der Waals surface area contributed by atoms with E-state index < -0.39 is 5.97 Å². The molecular formula is C16H27NO3. The average Bonchev–Trinajstić information content (AvgIpc) is 2.99. The van der Waals surface area contributed by atoms with Crippen LogP contribution in [0.2, 0.25) is 0 Å². The lowest BCUT2D eigenvalue weighted by atomic mass is 9.86. The molecule has 0 aromatic heterocycles.